The molecule has 0 unspecified atom stereocenters. The second-order valence-corrected chi connectivity index (χ2v) is 8.12. The number of pyridine rings is 1. The molecule has 0 saturated carbocycles. The Balaban J connectivity index is 1.58. The lowest BCUT2D eigenvalue weighted by Crippen LogP contribution is -2.31. The fourth-order valence-corrected chi connectivity index (χ4v) is 3.43. The van der Waals surface area contributed by atoms with Crippen molar-refractivity contribution in [2.75, 3.05) is 5.32 Å². The number of amides is 2. The van der Waals surface area contributed by atoms with E-state index in [-0.39, 0.29) is 11.3 Å². The van der Waals surface area contributed by atoms with Gasteiger partial charge in [0.05, 0.1) is 10.0 Å². The zero-order chi connectivity index (χ0) is 24.6. The number of aromatic nitrogens is 1. The van der Waals surface area contributed by atoms with Crippen molar-refractivity contribution in [3.05, 3.63) is 124 Å². The molecule has 35 heavy (non-hydrogen) atoms. The Morgan fingerprint density at radius 1 is 0.886 bits per heavy atom. The van der Waals surface area contributed by atoms with Gasteiger partial charge in [-0.15, -0.1) is 0 Å². The predicted octanol–water partition coefficient (Wildman–Crippen LogP) is 6.19. The minimum Gasteiger partial charge on any atom is -0.456 e. The molecule has 0 spiro atoms. The molecule has 0 bridgehead atoms. The molecule has 6 nitrogen and oxygen atoms in total. The molecule has 3 aromatic carbocycles. The first-order valence-corrected chi connectivity index (χ1v) is 11.3. The Hall–Kier alpha value is -4.30. The second kappa shape index (κ2) is 11.2. The fraction of sp³-hybridized carbons (Fsp3) is 0. The lowest BCUT2D eigenvalue weighted by atomic mass is 10.1. The Kier molecular flexibility index (Phi) is 7.64. The zero-order valence-corrected chi connectivity index (χ0v) is 19.8. The predicted molar refractivity (Wildman–Crippen MR) is 135 cm³/mol. The molecule has 0 saturated heterocycles. The molecular formula is C27H19BrFN3O3. The number of benzene rings is 3. The van der Waals surface area contributed by atoms with E-state index in [9.17, 15) is 14.0 Å². The number of carbonyl (C=O) groups excluding carboxylic acids is 2. The number of carbonyl (C=O) groups is 2. The molecule has 1 aromatic heterocycles. The summed E-state index contributed by atoms with van der Waals surface area (Å²) in [4.78, 5) is 29.7. The number of ether oxygens (including phenoxy) is 1. The molecule has 0 aliphatic heterocycles. The molecule has 0 aliphatic rings. The van der Waals surface area contributed by atoms with Crippen LogP contribution in [0.25, 0.3) is 6.08 Å². The normalized spacial score (nSPS) is 11.0. The first kappa shape index (κ1) is 23.8. The van der Waals surface area contributed by atoms with Crippen LogP contribution in [0.3, 0.4) is 0 Å². The SMILES string of the molecule is O=C(Nc1ccccn1)/C(=C/c1ccc(Oc2ccccc2Br)cc1)NC(=O)c1ccccc1F. The highest BCUT2D eigenvalue weighted by molar-refractivity contribution is 9.10. The van der Waals surface area contributed by atoms with Gasteiger partial charge in [-0.25, -0.2) is 9.37 Å². The van der Waals surface area contributed by atoms with Crippen LogP contribution < -0.4 is 15.4 Å². The smallest absolute Gasteiger partial charge is 0.273 e. The van der Waals surface area contributed by atoms with Crippen molar-refractivity contribution in [2.45, 2.75) is 0 Å². The topological polar surface area (TPSA) is 80.3 Å². The molecule has 2 amide bonds. The lowest BCUT2D eigenvalue weighted by molar-refractivity contribution is -0.113. The maximum Gasteiger partial charge on any atom is 0.273 e. The molecule has 174 valence electrons. The summed E-state index contributed by atoms with van der Waals surface area (Å²) in [6.07, 6.45) is 3.01. The van der Waals surface area contributed by atoms with E-state index in [0.717, 1.165) is 4.47 Å². The van der Waals surface area contributed by atoms with Crippen molar-refractivity contribution >= 4 is 39.6 Å². The van der Waals surface area contributed by atoms with Crippen molar-refractivity contribution in [1.82, 2.24) is 10.3 Å². The average molecular weight is 532 g/mol. The van der Waals surface area contributed by atoms with E-state index in [0.29, 0.717) is 22.9 Å². The zero-order valence-electron chi connectivity index (χ0n) is 18.2. The molecule has 1 heterocycles. The number of halogens is 2. The summed E-state index contributed by atoms with van der Waals surface area (Å²) in [7, 11) is 0. The summed E-state index contributed by atoms with van der Waals surface area (Å²) >= 11 is 3.44. The maximum atomic E-state index is 14.1. The number of anilines is 1. The molecule has 0 fully saturated rings. The van der Waals surface area contributed by atoms with Gasteiger partial charge in [0.25, 0.3) is 11.8 Å². The van der Waals surface area contributed by atoms with Gasteiger partial charge in [-0.1, -0.05) is 42.5 Å². The van der Waals surface area contributed by atoms with Gasteiger partial charge in [-0.2, -0.15) is 0 Å². The molecule has 4 aromatic rings. The van der Waals surface area contributed by atoms with Crippen LogP contribution in [0.5, 0.6) is 11.5 Å². The number of nitrogens with zero attached hydrogens (tertiary/aromatic N) is 1. The number of nitrogens with one attached hydrogen (secondary N) is 2. The van der Waals surface area contributed by atoms with E-state index in [4.69, 9.17) is 4.74 Å². The van der Waals surface area contributed by atoms with E-state index < -0.39 is 17.6 Å². The van der Waals surface area contributed by atoms with Crippen molar-refractivity contribution in [3.8, 4) is 11.5 Å². The lowest BCUT2D eigenvalue weighted by Gasteiger charge is -2.12. The van der Waals surface area contributed by atoms with E-state index in [1.807, 2.05) is 24.3 Å². The van der Waals surface area contributed by atoms with E-state index >= 15 is 0 Å². The van der Waals surface area contributed by atoms with Crippen LogP contribution in [0.4, 0.5) is 10.2 Å². The first-order chi connectivity index (χ1) is 17.0. The molecule has 2 N–H and O–H groups in total. The van der Waals surface area contributed by atoms with Gasteiger partial charge < -0.3 is 15.4 Å². The van der Waals surface area contributed by atoms with Crippen LogP contribution in [0.1, 0.15) is 15.9 Å². The third-order valence-electron chi connectivity index (χ3n) is 4.77. The summed E-state index contributed by atoms with van der Waals surface area (Å²) < 4.78 is 20.8. The molecule has 4 rings (SSSR count). The van der Waals surface area contributed by atoms with E-state index in [2.05, 4.69) is 31.5 Å². The number of para-hydroxylation sites is 1. The van der Waals surface area contributed by atoms with Gasteiger partial charge in [0, 0.05) is 6.20 Å². The minimum absolute atomic E-state index is 0.0802. The molecule has 8 heteroatoms. The van der Waals surface area contributed by atoms with Crippen LogP contribution in [-0.4, -0.2) is 16.8 Å². The van der Waals surface area contributed by atoms with E-state index in [1.54, 1.807) is 48.5 Å². The summed E-state index contributed by atoms with van der Waals surface area (Å²) in [5.74, 6) is -0.502. The van der Waals surface area contributed by atoms with E-state index in [1.165, 1.54) is 30.5 Å². The standard InChI is InChI=1S/C27H19BrFN3O3/c28-21-8-2-4-10-24(21)35-19-14-12-18(13-15-19)17-23(27(34)32-25-11-5-6-16-30-25)31-26(33)20-7-1-3-9-22(20)29/h1-17H,(H,31,33)(H,30,32,34)/b23-17-. The fourth-order valence-electron chi connectivity index (χ4n) is 3.07. The van der Waals surface area contributed by atoms with Gasteiger partial charge in [0.1, 0.15) is 28.8 Å². The Bertz CT molecular complexity index is 1380. The van der Waals surface area contributed by atoms with Gasteiger partial charge in [0.15, 0.2) is 0 Å². The number of hydrogen-bond acceptors (Lipinski definition) is 4. The van der Waals surface area contributed by atoms with Gasteiger partial charge in [0.2, 0.25) is 0 Å². The highest BCUT2D eigenvalue weighted by Gasteiger charge is 2.17. The summed E-state index contributed by atoms with van der Waals surface area (Å²) in [6.45, 7) is 0. The quantitative estimate of drug-likeness (QED) is 0.279. The van der Waals surface area contributed by atoms with Crippen molar-refractivity contribution in [1.29, 1.82) is 0 Å². The van der Waals surface area contributed by atoms with Crippen LogP contribution >= 0.6 is 15.9 Å². The average Bonchev–Trinajstić information content (AvgIpc) is 2.87. The molecule has 0 atom stereocenters. The summed E-state index contributed by atoms with van der Waals surface area (Å²) in [5, 5.41) is 5.14. The Morgan fingerprint density at radius 3 is 2.31 bits per heavy atom. The Morgan fingerprint density at radius 2 is 1.60 bits per heavy atom. The summed E-state index contributed by atoms with van der Waals surface area (Å²) in [6, 6.07) is 25.0. The van der Waals surface area contributed by atoms with Crippen LogP contribution in [0.15, 0.2) is 107 Å². The second-order valence-electron chi connectivity index (χ2n) is 7.26. The summed E-state index contributed by atoms with van der Waals surface area (Å²) in [5.41, 5.74) is 0.356. The largest absolute Gasteiger partial charge is 0.456 e. The van der Waals surface area contributed by atoms with Gasteiger partial charge >= 0.3 is 0 Å². The molecule has 0 radical (unpaired) electrons. The number of rotatable bonds is 7. The highest BCUT2D eigenvalue weighted by Crippen LogP contribution is 2.29. The third kappa shape index (κ3) is 6.39. The van der Waals surface area contributed by atoms with Gasteiger partial charge in [-0.05, 0) is 76.1 Å². The van der Waals surface area contributed by atoms with Crippen molar-refractivity contribution < 1.29 is 18.7 Å². The Labute approximate surface area is 209 Å². The number of hydrogen-bond donors (Lipinski definition) is 2. The van der Waals surface area contributed by atoms with Crippen molar-refractivity contribution in [2.24, 2.45) is 0 Å². The van der Waals surface area contributed by atoms with Crippen LogP contribution in [0, 0.1) is 5.82 Å². The third-order valence-corrected chi connectivity index (χ3v) is 5.43. The molecule has 0 aliphatic carbocycles. The maximum absolute atomic E-state index is 14.1. The van der Waals surface area contributed by atoms with Crippen LogP contribution in [-0.2, 0) is 4.79 Å². The van der Waals surface area contributed by atoms with Crippen LogP contribution in [0.2, 0.25) is 0 Å². The highest BCUT2D eigenvalue weighted by atomic mass is 79.9. The monoisotopic (exact) mass is 531 g/mol. The minimum atomic E-state index is -0.751. The van der Waals surface area contributed by atoms with Gasteiger partial charge in [-0.3, -0.25) is 9.59 Å². The van der Waals surface area contributed by atoms with Crippen molar-refractivity contribution in [3.63, 3.8) is 0 Å². The molecular weight excluding hydrogens is 513 g/mol. The first-order valence-electron chi connectivity index (χ1n) is 10.5.